The second-order valence-corrected chi connectivity index (χ2v) is 4.87. The van der Waals surface area contributed by atoms with Crippen LogP contribution in [0.1, 0.15) is 18.6 Å². The first kappa shape index (κ1) is 13.1. The molecule has 16 heavy (non-hydrogen) atoms. The van der Waals surface area contributed by atoms with Gasteiger partial charge in [0, 0.05) is 19.0 Å². The van der Waals surface area contributed by atoms with Gasteiger partial charge in [-0.25, -0.2) is 0 Å². The van der Waals surface area contributed by atoms with E-state index in [2.05, 4.69) is 0 Å². The molecule has 0 aliphatic carbocycles. The Balaban J connectivity index is 2.61. The molecule has 88 valence electrons. The van der Waals surface area contributed by atoms with Crippen molar-refractivity contribution in [3.05, 3.63) is 29.8 Å². The first-order chi connectivity index (χ1) is 7.50. The van der Waals surface area contributed by atoms with Crippen LogP contribution in [0.4, 0.5) is 0 Å². The summed E-state index contributed by atoms with van der Waals surface area (Å²) in [6.45, 7) is 1.73. The van der Waals surface area contributed by atoms with E-state index in [-0.39, 0.29) is 5.91 Å². The highest BCUT2D eigenvalue weighted by atomic mass is 32.2. The third kappa shape index (κ3) is 3.87. The fraction of sp³-hybridized carbons (Fsp3) is 0.417. The van der Waals surface area contributed by atoms with E-state index in [0.29, 0.717) is 5.75 Å². The summed E-state index contributed by atoms with van der Waals surface area (Å²) in [5.74, 6) is 0.517. The zero-order chi connectivity index (χ0) is 12.1. The molecule has 0 aliphatic heterocycles. The number of benzene rings is 1. The molecule has 0 saturated heterocycles. The Morgan fingerprint density at radius 2 is 2.19 bits per heavy atom. The van der Waals surface area contributed by atoms with E-state index >= 15 is 0 Å². The van der Waals surface area contributed by atoms with Gasteiger partial charge < -0.3 is 10.0 Å². The van der Waals surface area contributed by atoms with Gasteiger partial charge in [-0.05, 0) is 24.6 Å². The number of aliphatic hydroxyl groups excluding tert-OH is 1. The summed E-state index contributed by atoms with van der Waals surface area (Å²) in [5, 5.41) is 9.43. The molecular formula is C12H17NO2S. The van der Waals surface area contributed by atoms with E-state index in [0.717, 1.165) is 10.5 Å². The molecule has 3 nitrogen and oxygen atoms in total. The minimum absolute atomic E-state index is 0.0902. The SMILES string of the molecule is CC(O)c1cccc(SCC(=O)N(C)C)c1. The van der Waals surface area contributed by atoms with Crippen molar-refractivity contribution >= 4 is 17.7 Å². The number of rotatable bonds is 4. The zero-order valence-corrected chi connectivity index (χ0v) is 10.6. The molecule has 0 aliphatic rings. The maximum atomic E-state index is 11.4. The summed E-state index contributed by atoms with van der Waals surface area (Å²) >= 11 is 1.49. The summed E-state index contributed by atoms with van der Waals surface area (Å²) in [4.78, 5) is 14.0. The molecule has 0 saturated carbocycles. The average molecular weight is 239 g/mol. The van der Waals surface area contributed by atoms with Crippen molar-refractivity contribution in [2.75, 3.05) is 19.8 Å². The molecule has 0 fully saturated rings. The van der Waals surface area contributed by atoms with Crippen molar-refractivity contribution in [3.63, 3.8) is 0 Å². The van der Waals surface area contributed by atoms with Crippen molar-refractivity contribution in [1.29, 1.82) is 0 Å². The lowest BCUT2D eigenvalue weighted by molar-refractivity contribution is -0.125. The maximum absolute atomic E-state index is 11.4. The molecule has 0 heterocycles. The normalized spacial score (nSPS) is 12.2. The number of hydrogen-bond acceptors (Lipinski definition) is 3. The van der Waals surface area contributed by atoms with E-state index in [1.807, 2.05) is 24.3 Å². The predicted octanol–water partition coefficient (Wildman–Crippen LogP) is 1.92. The van der Waals surface area contributed by atoms with Crippen LogP contribution in [0.15, 0.2) is 29.2 Å². The highest BCUT2D eigenvalue weighted by Crippen LogP contribution is 2.22. The lowest BCUT2D eigenvalue weighted by Gasteiger charge is -2.10. The second kappa shape index (κ2) is 5.92. The fourth-order valence-electron chi connectivity index (χ4n) is 1.14. The fourth-order valence-corrected chi connectivity index (χ4v) is 2.08. The predicted molar refractivity (Wildman–Crippen MR) is 66.5 cm³/mol. The molecule has 1 atom stereocenters. The molecule has 0 spiro atoms. The third-order valence-electron chi connectivity index (χ3n) is 2.20. The molecule has 1 aromatic carbocycles. The van der Waals surface area contributed by atoms with Crippen molar-refractivity contribution < 1.29 is 9.90 Å². The largest absolute Gasteiger partial charge is 0.389 e. The minimum Gasteiger partial charge on any atom is -0.389 e. The van der Waals surface area contributed by atoms with Crippen LogP contribution in [0.5, 0.6) is 0 Å². The Bertz CT molecular complexity index is 364. The van der Waals surface area contributed by atoms with Gasteiger partial charge in [0.15, 0.2) is 0 Å². The zero-order valence-electron chi connectivity index (χ0n) is 9.80. The van der Waals surface area contributed by atoms with Gasteiger partial charge >= 0.3 is 0 Å². The summed E-state index contributed by atoms with van der Waals surface area (Å²) in [6, 6.07) is 7.63. The van der Waals surface area contributed by atoms with Crippen molar-refractivity contribution in [2.24, 2.45) is 0 Å². The molecule has 1 aromatic rings. The first-order valence-corrected chi connectivity index (χ1v) is 6.10. The molecule has 4 heteroatoms. The number of aliphatic hydroxyl groups is 1. The first-order valence-electron chi connectivity index (χ1n) is 5.11. The molecule has 0 bridgehead atoms. The van der Waals surface area contributed by atoms with E-state index in [1.165, 1.54) is 11.8 Å². The van der Waals surface area contributed by atoms with Crippen molar-refractivity contribution in [3.8, 4) is 0 Å². The Morgan fingerprint density at radius 1 is 1.50 bits per heavy atom. The Kier molecular flexibility index (Phi) is 4.83. The van der Waals surface area contributed by atoms with Crippen molar-refractivity contribution in [1.82, 2.24) is 4.90 Å². The quantitative estimate of drug-likeness (QED) is 0.816. The molecule has 1 N–H and O–H groups in total. The van der Waals surface area contributed by atoms with Crippen LogP contribution in [0, 0.1) is 0 Å². The van der Waals surface area contributed by atoms with Gasteiger partial charge in [-0.3, -0.25) is 4.79 Å². The lowest BCUT2D eigenvalue weighted by Crippen LogP contribution is -2.23. The van der Waals surface area contributed by atoms with E-state index < -0.39 is 6.10 Å². The topological polar surface area (TPSA) is 40.5 Å². The highest BCUT2D eigenvalue weighted by molar-refractivity contribution is 8.00. The van der Waals surface area contributed by atoms with Crippen LogP contribution < -0.4 is 0 Å². The smallest absolute Gasteiger partial charge is 0.232 e. The van der Waals surface area contributed by atoms with E-state index in [4.69, 9.17) is 0 Å². The number of carbonyl (C=O) groups excluding carboxylic acids is 1. The molecule has 1 unspecified atom stereocenters. The van der Waals surface area contributed by atoms with Crippen LogP contribution in [0.25, 0.3) is 0 Å². The Labute approximate surface area is 100 Å². The van der Waals surface area contributed by atoms with Crippen LogP contribution in [-0.2, 0) is 4.79 Å². The lowest BCUT2D eigenvalue weighted by atomic mass is 10.1. The Morgan fingerprint density at radius 3 is 2.75 bits per heavy atom. The van der Waals surface area contributed by atoms with Gasteiger partial charge in [0.1, 0.15) is 0 Å². The van der Waals surface area contributed by atoms with Gasteiger partial charge in [0.2, 0.25) is 5.91 Å². The average Bonchev–Trinajstić information content (AvgIpc) is 2.26. The molecule has 0 radical (unpaired) electrons. The van der Waals surface area contributed by atoms with Gasteiger partial charge in [-0.2, -0.15) is 0 Å². The molecule has 1 amide bonds. The second-order valence-electron chi connectivity index (χ2n) is 3.83. The number of thioether (sulfide) groups is 1. The Hall–Kier alpha value is -1.00. The number of hydrogen-bond donors (Lipinski definition) is 1. The third-order valence-corrected chi connectivity index (χ3v) is 3.18. The number of carbonyl (C=O) groups is 1. The monoisotopic (exact) mass is 239 g/mol. The van der Waals surface area contributed by atoms with Crippen LogP contribution >= 0.6 is 11.8 Å². The molecule has 1 rings (SSSR count). The number of nitrogens with zero attached hydrogens (tertiary/aromatic N) is 1. The summed E-state index contributed by atoms with van der Waals surface area (Å²) in [6.07, 6.45) is -0.467. The summed E-state index contributed by atoms with van der Waals surface area (Å²) in [5.41, 5.74) is 0.877. The van der Waals surface area contributed by atoms with E-state index in [9.17, 15) is 9.90 Å². The van der Waals surface area contributed by atoms with Gasteiger partial charge in [-0.15, -0.1) is 11.8 Å². The maximum Gasteiger partial charge on any atom is 0.232 e. The molecular weight excluding hydrogens is 222 g/mol. The highest BCUT2D eigenvalue weighted by Gasteiger charge is 2.06. The van der Waals surface area contributed by atoms with Crippen LogP contribution in [0.3, 0.4) is 0 Å². The standard InChI is InChI=1S/C12H17NO2S/c1-9(14)10-5-4-6-11(7-10)16-8-12(15)13(2)3/h4-7,9,14H,8H2,1-3H3. The molecule has 0 aromatic heterocycles. The summed E-state index contributed by atoms with van der Waals surface area (Å²) in [7, 11) is 3.49. The van der Waals surface area contributed by atoms with Gasteiger partial charge in [-0.1, -0.05) is 12.1 Å². The summed E-state index contributed by atoms with van der Waals surface area (Å²) < 4.78 is 0. The van der Waals surface area contributed by atoms with Crippen molar-refractivity contribution in [2.45, 2.75) is 17.9 Å². The minimum atomic E-state index is -0.467. The number of amides is 1. The van der Waals surface area contributed by atoms with Crippen LogP contribution in [0.2, 0.25) is 0 Å². The van der Waals surface area contributed by atoms with Gasteiger partial charge in [0.05, 0.1) is 11.9 Å². The van der Waals surface area contributed by atoms with E-state index in [1.54, 1.807) is 25.9 Å². The van der Waals surface area contributed by atoms with Gasteiger partial charge in [0.25, 0.3) is 0 Å². The van der Waals surface area contributed by atoms with Crippen LogP contribution in [-0.4, -0.2) is 35.8 Å².